The van der Waals surface area contributed by atoms with Crippen LogP contribution in [0.1, 0.15) is 0 Å². The van der Waals surface area contributed by atoms with Crippen LogP contribution >= 0.6 is 0 Å². The maximum absolute atomic E-state index is 13.5. The van der Waals surface area contributed by atoms with Gasteiger partial charge in [0.15, 0.2) is 17.7 Å². The molecule has 1 aliphatic rings. The van der Waals surface area contributed by atoms with E-state index in [1.165, 1.54) is 33.5 Å². The zero-order valence-corrected chi connectivity index (χ0v) is 16.0. The van der Waals surface area contributed by atoms with Gasteiger partial charge in [-0.1, -0.05) is 0 Å². The molecule has 3 N–H and O–H groups in total. The van der Waals surface area contributed by atoms with Crippen LogP contribution in [-0.4, -0.2) is 41.8 Å². The molecule has 28 heavy (non-hydrogen) atoms. The van der Waals surface area contributed by atoms with Gasteiger partial charge >= 0.3 is 0 Å². The summed E-state index contributed by atoms with van der Waals surface area (Å²) in [5, 5.41) is 5.22. The Labute approximate surface area is 160 Å². The third-order valence-electron chi connectivity index (χ3n) is 4.00. The quantitative estimate of drug-likeness (QED) is 0.683. The monoisotopic (exact) mass is 411 g/mol. The Morgan fingerprint density at radius 3 is 2.29 bits per heavy atom. The topological polar surface area (TPSA) is 115 Å². The number of hydrogen-bond donors (Lipinski definition) is 3. The van der Waals surface area contributed by atoms with E-state index < -0.39 is 27.9 Å². The Kier molecular flexibility index (Phi) is 5.29. The number of anilines is 2. The van der Waals surface area contributed by atoms with Gasteiger partial charge in [-0.3, -0.25) is 4.79 Å². The summed E-state index contributed by atoms with van der Waals surface area (Å²) < 4.78 is 56.0. The molecule has 150 valence electrons. The molecule has 0 aromatic heterocycles. The number of fused-ring (bicyclic) bond motifs is 1. The predicted octanol–water partition coefficient (Wildman–Crippen LogP) is 1.52. The van der Waals surface area contributed by atoms with Crippen LogP contribution in [0.4, 0.5) is 15.8 Å². The molecule has 0 spiro atoms. The first-order valence-corrected chi connectivity index (χ1v) is 9.46. The van der Waals surface area contributed by atoms with E-state index in [0.29, 0.717) is 17.2 Å². The molecule has 11 heteroatoms. The lowest BCUT2D eigenvalue weighted by Gasteiger charge is -2.27. The number of ether oxygens (including phenoxy) is 3. The minimum Gasteiger partial charge on any atom is -0.493 e. The highest BCUT2D eigenvalue weighted by atomic mass is 32.2. The largest absolute Gasteiger partial charge is 0.493 e. The van der Waals surface area contributed by atoms with Crippen molar-refractivity contribution in [3.63, 3.8) is 0 Å². The van der Waals surface area contributed by atoms with Gasteiger partial charge in [-0.25, -0.2) is 12.8 Å². The summed E-state index contributed by atoms with van der Waals surface area (Å²) in [7, 11) is 0.293. The van der Waals surface area contributed by atoms with Crippen LogP contribution in [0.5, 0.6) is 17.2 Å². The van der Waals surface area contributed by atoms with Crippen molar-refractivity contribution in [3.8, 4) is 17.2 Å². The third-order valence-corrected chi connectivity index (χ3v) is 5.48. The molecule has 0 radical (unpaired) electrons. The van der Waals surface area contributed by atoms with Crippen molar-refractivity contribution in [1.29, 1.82) is 0 Å². The Hall–Kier alpha value is -3.05. The van der Waals surface area contributed by atoms with Gasteiger partial charge in [-0.15, -0.1) is 0 Å². The number of amides is 1. The standard InChI is InChI=1S/C17H18FN3O6S/c1-25-12-7-10(8-13(26-2)15(12)27-3)19-17(22)16-20-11-6-9(18)4-5-14(11)28(23,24)21-16/h4-8,16,20-21H,1-3H3,(H,19,22). The summed E-state index contributed by atoms with van der Waals surface area (Å²) in [6, 6.07) is 6.13. The van der Waals surface area contributed by atoms with Crippen LogP contribution in [0.3, 0.4) is 0 Å². The van der Waals surface area contributed by atoms with Gasteiger partial charge in [0.05, 0.1) is 27.0 Å². The lowest BCUT2D eigenvalue weighted by Crippen LogP contribution is -2.51. The van der Waals surface area contributed by atoms with Crippen molar-refractivity contribution < 1.29 is 31.8 Å². The van der Waals surface area contributed by atoms with Crippen molar-refractivity contribution in [2.75, 3.05) is 32.0 Å². The van der Waals surface area contributed by atoms with Crippen LogP contribution in [0, 0.1) is 5.82 Å². The third kappa shape index (κ3) is 3.66. The molecule has 1 heterocycles. The Morgan fingerprint density at radius 1 is 1.07 bits per heavy atom. The maximum atomic E-state index is 13.5. The second-order valence-electron chi connectivity index (χ2n) is 5.74. The number of sulfonamides is 1. The minimum atomic E-state index is -3.99. The van der Waals surface area contributed by atoms with Gasteiger partial charge in [0.1, 0.15) is 10.7 Å². The molecule has 0 saturated carbocycles. The molecule has 2 aromatic rings. The second kappa shape index (κ2) is 7.52. The van der Waals surface area contributed by atoms with Crippen LogP contribution in [0.2, 0.25) is 0 Å². The molecule has 2 aromatic carbocycles. The fraction of sp³-hybridized carbons (Fsp3) is 0.235. The van der Waals surface area contributed by atoms with Gasteiger partial charge in [0.25, 0.3) is 5.91 Å². The Balaban J connectivity index is 1.88. The zero-order valence-electron chi connectivity index (χ0n) is 15.2. The smallest absolute Gasteiger partial charge is 0.262 e. The van der Waals surface area contributed by atoms with Gasteiger partial charge in [0, 0.05) is 17.8 Å². The second-order valence-corrected chi connectivity index (χ2v) is 7.42. The van der Waals surface area contributed by atoms with Crippen LogP contribution in [-0.2, 0) is 14.8 Å². The number of halogens is 1. The summed E-state index contributed by atoms with van der Waals surface area (Å²) in [5.41, 5.74) is 0.273. The molecular formula is C17H18FN3O6S. The lowest BCUT2D eigenvalue weighted by molar-refractivity contribution is -0.117. The van der Waals surface area contributed by atoms with E-state index in [1.54, 1.807) is 0 Å². The van der Waals surface area contributed by atoms with Crippen LogP contribution in [0.25, 0.3) is 0 Å². The normalized spacial score (nSPS) is 17.1. The molecule has 0 aliphatic carbocycles. The number of nitrogens with one attached hydrogen (secondary N) is 3. The fourth-order valence-electron chi connectivity index (χ4n) is 2.74. The van der Waals surface area contributed by atoms with Gasteiger partial charge in [0.2, 0.25) is 15.8 Å². The number of carbonyl (C=O) groups excluding carboxylic acids is 1. The molecule has 1 aliphatic heterocycles. The van der Waals surface area contributed by atoms with E-state index >= 15 is 0 Å². The summed E-state index contributed by atoms with van der Waals surface area (Å²) in [6.45, 7) is 0. The molecule has 3 rings (SSSR count). The Morgan fingerprint density at radius 2 is 1.71 bits per heavy atom. The molecular weight excluding hydrogens is 393 g/mol. The lowest BCUT2D eigenvalue weighted by atomic mass is 10.2. The van der Waals surface area contributed by atoms with E-state index in [0.717, 1.165) is 18.2 Å². The van der Waals surface area contributed by atoms with Gasteiger partial charge < -0.3 is 24.8 Å². The first-order chi connectivity index (χ1) is 13.3. The SMILES string of the molecule is COc1cc(NC(=O)C2Nc3cc(F)ccc3S(=O)(=O)N2)cc(OC)c1OC. The average Bonchev–Trinajstić information content (AvgIpc) is 2.65. The molecule has 0 saturated heterocycles. The molecule has 0 bridgehead atoms. The maximum Gasteiger partial charge on any atom is 0.262 e. The van der Waals surface area contributed by atoms with Crippen molar-refractivity contribution in [2.24, 2.45) is 0 Å². The number of hydrogen-bond acceptors (Lipinski definition) is 7. The van der Waals surface area contributed by atoms with E-state index in [9.17, 15) is 17.6 Å². The summed E-state index contributed by atoms with van der Waals surface area (Å²) >= 11 is 0. The Bertz CT molecular complexity index is 1000. The van der Waals surface area contributed by atoms with Crippen molar-refractivity contribution in [1.82, 2.24) is 4.72 Å². The average molecular weight is 411 g/mol. The van der Waals surface area contributed by atoms with Crippen molar-refractivity contribution >= 4 is 27.3 Å². The van der Waals surface area contributed by atoms with Gasteiger partial charge in [-0.05, 0) is 18.2 Å². The van der Waals surface area contributed by atoms with Crippen molar-refractivity contribution in [2.45, 2.75) is 11.1 Å². The van der Waals surface area contributed by atoms with Gasteiger partial charge in [-0.2, -0.15) is 4.72 Å². The highest BCUT2D eigenvalue weighted by molar-refractivity contribution is 7.89. The van der Waals surface area contributed by atoms with E-state index in [-0.39, 0.29) is 16.3 Å². The summed E-state index contributed by atoms with van der Waals surface area (Å²) in [4.78, 5) is 12.4. The van der Waals surface area contributed by atoms with E-state index in [1.807, 2.05) is 0 Å². The predicted molar refractivity (Wildman–Crippen MR) is 98.9 cm³/mol. The molecule has 1 unspecified atom stereocenters. The minimum absolute atomic E-state index is 0.0104. The zero-order chi connectivity index (χ0) is 20.5. The molecule has 9 nitrogen and oxygen atoms in total. The number of carbonyl (C=O) groups is 1. The summed E-state index contributed by atoms with van der Waals surface area (Å²) in [6.07, 6.45) is -1.35. The molecule has 1 atom stereocenters. The van der Waals surface area contributed by atoms with Crippen LogP contribution in [0.15, 0.2) is 35.2 Å². The van der Waals surface area contributed by atoms with E-state index in [2.05, 4.69) is 15.4 Å². The van der Waals surface area contributed by atoms with E-state index in [4.69, 9.17) is 14.2 Å². The molecule has 0 fully saturated rings. The molecule has 1 amide bonds. The highest BCUT2D eigenvalue weighted by Gasteiger charge is 2.33. The first-order valence-electron chi connectivity index (χ1n) is 7.98. The summed E-state index contributed by atoms with van der Waals surface area (Å²) in [5.74, 6) is -0.396. The highest BCUT2D eigenvalue weighted by Crippen LogP contribution is 2.40. The first kappa shape index (κ1) is 19.7. The number of methoxy groups -OCH3 is 3. The van der Waals surface area contributed by atoms with Crippen LogP contribution < -0.4 is 29.6 Å². The van der Waals surface area contributed by atoms with Crippen molar-refractivity contribution in [3.05, 3.63) is 36.1 Å². The fourth-order valence-corrected chi connectivity index (χ4v) is 4.00. The number of rotatable bonds is 5. The number of benzene rings is 2.